The summed E-state index contributed by atoms with van der Waals surface area (Å²) >= 11 is 27.5. The second-order valence-corrected chi connectivity index (χ2v) is 11.6. The number of hydrogen-bond donors (Lipinski definition) is 2. The molecule has 3 atom stereocenters. The average molecular weight is 584 g/mol. The van der Waals surface area contributed by atoms with E-state index >= 15 is 4.39 Å². The van der Waals surface area contributed by atoms with E-state index in [0.717, 1.165) is 44.3 Å². The van der Waals surface area contributed by atoms with Crippen molar-refractivity contribution in [2.45, 2.75) is 50.1 Å². The van der Waals surface area contributed by atoms with Gasteiger partial charge in [-0.05, 0) is 79.1 Å². The molecule has 3 unspecified atom stereocenters. The Morgan fingerprint density at radius 1 is 1.11 bits per heavy atom. The molecule has 2 aromatic rings. The van der Waals surface area contributed by atoms with E-state index in [4.69, 9.17) is 52.1 Å². The number of amides is 1. The van der Waals surface area contributed by atoms with Crippen LogP contribution in [0.1, 0.15) is 56.3 Å². The highest BCUT2D eigenvalue weighted by Crippen LogP contribution is 2.64. The standard InChI is InChI=1S/C29H31Cl4FN2O/c1-2-3-9-22-25(32)21(18-12-14-36-15-13-18)17-28(27(35)37,26(34)19-7-5-4-6-8-19)29(22,33)20-10-11-23(30)24(31)16-20/h4-8,10-11,16-18,26,36H,2-3,9,12-15H2,1H3,(H2,35,37). The summed E-state index contributed by atoms with van der Waals surface area (Å²) in [6.07, 6.45) is 3.48. The van der Waals surface area contributed by atoms with Crippen molar-refractivity contribution >= 4 is 52.3 Å². The van der Waals surface area contributed by atoms with Crippen LogP contribution < -0.4 is 11.1 Å². The number of primary amides is 1. The molecule has 2 aliphatic rings. The van der Waals surface area contributed by atoms with Crippen molar-refractivity contribution in [1.29, 1.82) is 0 Å². The SMILES string of the molecule is CCCCC1=C(Cl)C(C2CCNCC2)=CC(C(N)=O)(C(F)c2ccccc2)C1(Cl)c1ccc(Cl)c(Cl)c1. The Hall–Kier alpha value is -1.56. The number of carbonyl (C=O) groups is 1. The predicted molar refractivity (Wildman–Crippen MR) is 152 cm³/mol. The zero-order chi connectivity index (χ0) is 26.8. The number of allylic oxidation sites excluding steroid dienone is 3. The number of nitrogens with two attached hydrogens (primary N) is 1. The van der Waals surface area contributed by atoms with Crippen LogP contribution >= 0.6 is 46.4 Å². The van der Waals surface area contributed by atoms with Gasteiger partial charge in [0.2, 0.25) is 5.91 Å². The third kappa shape index (κ3) is 4.96. The van der Waals surface area contributed by atoms with Gasteiger partial charge in [0.1, 0.15) is 16.5 Å². The highest BCUT2D eigenvalue weighted by Gasteiger charge is 2.64. The van der Waals surface area contributed by atoms with Crippen LogP contribution in [0.25, 0.3) is 0 Å². The third-order valence-electron chi connectivity index (χ3n) is 7.66. The number of rotatable bonds is 8. The largest absolute Gasteiger partial charge is 0.369 e. The average Bonchev–Trinajstić information content (AvgIpc) is 2.91. The molecule has 1 saturated heterocycles. The Morgan fingerprint density at radius 2 is 1.78 bits per heavy atom. The summed E-state index contributed by atoms with van der Waals surface area (Å²) in [5.74, 6) is -0.823. The van der Waals surface area contributed by atoms with Gasteiger partial charge in [-0.3, -0.25) is 4.79 Å². The van der Waals surface area contributed by atoms with E-state index < -0.39 is 22.4 Å². The van der Waals surface area contributed by atoms with E-state index in [-0.39, 0.29) is 10.9 Å². The summed E-state index contributed by atoms with van der Waals surface area (Å²) in [5, 5.41) is 4.40. The van der Waals surface area contributed by atoms with Gasteiger partial charge in [0.15, 0.2) is 0 Å². The van der Waals surface area contributed by atoms with Gasteiger partial charge in [-0.25, -0.2) is 4.39 Å². The van der Waals surface area contributed by atoms with Crippen LogP contribution in [0.3, 0.4) is 0 Å². The first kappa shape index (κ1) is 28.4. The summed E-state index contributed by atoms with van der Waals surface area (Å²) in [6.45, 7) is 3.66. The molecule has 3 N–H and O–H groups in total. The van der Waals surface area contributed by atoms with Crippen molar-refractivity contribution in [3.8, 4) is 0 Å². The molecule has 2 aromatic carbocycles. The molecule has 198 valence electrons. The summed E-state index contributed by atoms with van der Waals surface area (Å²) < 4.78 is 17.1. The van der Waals surface area contributed by atoms with Crippen molar-refractivity contribution in [2.24, 2.45) is 17.1 Å². The molecule has 0 spiro atoms. The van der Waals surface area contributed by atoms with Gasteiger partial charge in [-0.1, -0.05) is 90.6 Å². The van der Waals surface area contributed by atoms with Gasteiger partial charge in [0, 0.05) is 5.03 Å². The fraction of sp³-hybridized carbons (Fsp3) is 0.414. The van der Waals surface area contributed by atoms with Crippen molar-refractivity contribution in [1.82, 2.24) is 5.32 Å². The molecule has 1 heterocycles. The minimum Gasteiger partial charge on any atom is -0.369 e. The Labute approximate surface area is 238 Å². The first-order chi connectivity index (χ1) is 17.7. The first-order valence-electron chi connectivity index (χ1n) is 12.6. The van der Waals surface area contributed by atoms with E-state index in [2.05, 4.69) is 12.2 Å². The molecular weight excluding hydrogens is 553 g/mol. The maximum Gasteiger partial charge on any atom is 0.233 e. The molecule has 0 saturated carbocycles. The number of piperidine rings is 1. The number of benzene rings is 2. The molecule has 0 radical (unpaired) electrons. The first-order valence-corrected chi connectivity index (χ1v) is 14.2. The zero-order valence-electron chi connectivity index (χ0n) is 20.7. The molecular formula is C29H31Cl4FN2O. The zero-order valence-corrected chi connectivity index (χ0v) is 23.7. The Bertz CT molecular complexity index is 1210. The highest BCUT2D eigenvalue weighted by molar-refractivity contribution is 6.42. The topological polar surface area (TPSA) is 55.1 Å². The Balaban J connectivity index is 2.08. The van der Waals surface area contributed by atoms with Crippen molar-refractivity contribution in [3.05, 3.63) is 92.0 Å². The fourth-order valence-corrected chi connectivity index (χ4v) is 7.01. The van der Waals surface area contributed by atoms with Gasteiger partial charge < -0.3 is 11.1 Å². The van der Waals surface area contributed by atoms with E-state index in [1.54, 1.807) is 54.6 Å². The Morgan fingerprint density at radius 3 is 2.38 bits per heavy atom. The molecule has 1 amide bonds. The van der Waals surface area contributed by atoms with Crippen LogP contribution in [0.4, 0.5) is 4.39 Å². The van der Waals surface area contributed by atoms with Crippen LogP contribution in [-0.4, -0.2) is 19.0 Å². The number of unbranched alkanes of at least 4 members (excludes halogenated alkanes) is 1. The van der Waals surface area contributed by atoms with Crippen LogP contribution in [0.5, 0.6) is 0 Å². The smallest absolute Gasteiger partial charge is 0.233 e. The number of nitrogens with one attached hydrogen (secondary N) is 1. The van der Waals surface area contributed by atoms with Gasteiger partial charge in [0.25, 0.3) is 0 Å². The molecule has 3 nitrogen and oxygen atoms in total. The molecule has 1 aliphatic heterocycles. The predicted octanol–water partition coefficient (Wildman–Crippen LogP) is 8.23. The van der Waals surface area contributed by atoms with Crippen molar-refractivity contribution < 1.29 is 9.18 Å². The number of hydrogen-bond acceptors (Lipinski definition) is 2. The quantitative estimate of drug-likeness (QED) is 0.307. The third-order valence-corrected chi connectivity index (χ3v) is 9.61. The number of alkyl halides is 2. The summed E-state index contributed by atoms with van der Waals surface area (Å²) in [7, 11) is 0. The maximum absolute atomic E-state index is 17.1. The van der Waals surface area contributed by atoms with E-state index in [1.165, 1.54) is 0 Å². The molecule has 1 fully saturated rings. The van der Waals surface area contributed by atoms with Gasteiger partial charge in [-0.15, -0.1) is 11.6 Å². The van der Waals surface area contributed by atoms with Crippen LogP contribution in [0, 0.1) is 11.3 Å². The molecule has 37 heavy (non-hydrogen) atoms. The van der Waals surface area contributed by atoms with Crippen molar-refractivity contribution in [3.63, 3.8) is 0 Å². The second-order valence-electron chi connectivity index (χ2n) is 9.81. The number of carbonyl (C=O) groups excluding carboxylic acids is 1. The van der Waals surface area contributed by atoms with E-state index in [9.17, 15) is 4.79 Å². The summed E-state index contributed by atoms with van der Waals surface area (Å²) in [5.41, 5.74) is 6.28. The fourth-order valence-electron chi connectivity index (χ4n) is 5.67. The van der Waals surface area contributed by atoms with Gasteiger partial charge in [-0.2, -0.15) is 0 Å². The maximum atomic E-state index is 17.1. The lowest BCUT2D eigenvalue weighted by molar-refractivity contribution is -0.130. The number of halogens is 5. The van der Waals surface area contributed by atoms with Crippen molar-refractivity contribution in [2.75, 3.05) is 13.1 Å². The lowest BCUT2D eigenvalue weighted by Gasteiger charge is -2.50. The monoisotopic (exact) mass is 582 g/mol. The summed E-state index contributed by atoms with van der Waals surface area (Å²) in [6, 6.07) is 13.4. The normalized spacial score (nSPS) is 25.6. The van der Waals surface area contributed by atoms with Gasteiger partial charge >= 0.3 is 0 Å². The molecule has 1 aliphatic carbocycles. The van der Waals surface area contributed by atoms with Crippen LogP contribution in [0.15, 0.2) is 70.8 Å². The lowest BCUT2D eigenvalue weighted by Crippen LogP contribution is -2.55. The van der Waals surface area contributed by atoms with E-state index in [0.29, 0.717) is 33.2 Å². The molecule has 4 rings (SSSR count). The van der Waals surface area contributed by atoms with Crippen LogP contribution in [0.2, 0.25) is 10.0 Å². The lowest BCUT2D eigenvalue weighted by atomic mass is 9.58. The molecule has 0 bridgehead atoms. The van der Waals surface area contributed by atoms with E-state index in [1.807, 2.05) is 0 Å². The Kier molecular flexibility index (Phi) is 8.97. The molecule has 0 aromatic heterocycles. The minimum atomic E-state index is -1.98. The highest BCUT2D eigenvalue weighted by atomic mass is 35.5. The minimum absolute atomic E-state index is 0.0436. The second kappa shape index (κ2) is 11.7. The molecule has 8 heteroatoms. The van der Waals surface area contributed by atoms with Crippen LogP contribution in [-0.2, 0) is 9.67 Å². The summed E-state index contributed by atoms with van der Waals surface area (Å²) in [4.78, 5) is 12.0. The van der Waals surface area contributed by atoms with Gasteiger partial charge in [0.05, 0.1) is 10.0 Å².